The van der Waals surface area contributed by atoms with Crippen LogP contribution in [0.4, 0.5) is 0 Å². The van der Waals surface area contributed by atoms with Gasteiger partial charge < -0.3 is 4.90 Å². The summed E-state index contributed by atoms with van der Waals surface area (Å²) in [5.41, 5.74) is 3.55. The first-order valence-electron chi connectivity index (χ1n) is 6.75. The number of aryl methyl sites for hydroxylation is 1. The lowest BCUT2D eigenvalue weighted by molar-refractivity contribution is -0.126. The van der Waals surface area contributed by atoms with Gasteiger partial charge in [0.05, 0.1) is 6.20 Å². The maximum Gasteiger partial charge on any atom is 0.246 e. The van der Waals surface area contributed by atoms with Crippen LogP contribution >= 0.6 is 0 Å². The molecular formula is C16H17N3O. The number of benzene rings is 1. The zero-order valence-corrected chi connectivity index (χ0v) is 11.5. The lowest BCUT2D eigenvalue weighted by Crippen LogP contribution is -2.34. The maximum atomic E-state index is 12.2. The zero-order chi connectivity index (χ0) is 13.9. The normalized spacial score (nSPS) is 14.6. The van der Waals surface area contributed by atoms with Gasteiger partial charge in [0.1, 0.15) is 0 Å². The summed E-state index contributed by atoms with van der Waals surface area (Å²) in [6.07, 6.45) is 8.01. The fraction of sp³-hybridized carbons (Fsp3) is 0.250. The molecule has 1 aromatic heterocycles. The van der Waals surface area contributed by atoms with Crippen molar-refractivity contribution in [2.24, 2.45) is 7.05 Å². The summed E-state index contributed by atoms with van der Waals surface area (Å²) in [7, 11) is 1.86. The van der Waals surface area contributed by atoms with E-state index in [2.05, 4.69) is 23.3 Å². The highest BCUT2D eigenvalue weighted by atomic mass is 16.2. The van der Waals surface area contributed by atoms with E-state index in [0.29, 0.717) is 6.54 Å². The molecule has 0 N–H and O–H groups in total. The monoisotopic (exact) mass is 267 g/mol. The van der Waals surface area contributed by atoms with E-state index in [1.165, 1.54) is 11.1 Å². The van der Waals surface area contributed by atoms with Gasteiger partial charge in [0.25, 0.3) is 0 Å². The van der Waals surface area contributed by atoms with Crippen molar-refractivity contribution in [1.29, 1.82) is 0 Å². The van der Waals surface area contributed by atoms with Crippen molar-refractivity contribution < 1.29 is 4.79 Å². The van der Waals surface area contributed by atoms with Crippen molar-refractivity contribution in [3.63, 3.8) is 0 Å². The molecule has 3 rings (SSSR count). The Labute approximate surface area is 118 Å². The van der Waals surface area contributed by atoms with Crippen LogP contribution in [0, 0.1) is 0 Å². The summed E-state index contributed by atoms with van der Waals surface area (Å²) in [6, 6.07) is 8.32. The molecule has 1 aliphatic rings. The van der Waals surface area contributed by atoms with Gasteiger partial charge in [0.15, 0.2) is 0 Å². The van der Waals surface area contributed by atoms with Gasteiger partial charge in [0, 0.05) is 38.0 Å². The van der Waals surface area contributed by atoms with Gasteiger partial charge in [-0.05, 0) is 23.6 Å². The van der Waals surface area contributed by atoms with E-state index in [4.69, 9.17) is 0 Å². The van der Waals surface area contributed by atoms with Crippen LogP contribution in [-0.4, -0.2) is 27.1 Å². The average Bonchev–Trinajstić information content (AvgIpc) is 2.90. The molecular weight excluding hydrogens is 250 g/mol. The van der Waals surface area contributed by atoms with E-state index in [1.54, 1.807) is 17.0 Å². The fourth-order valence-corrected chi connectivity index (χ4v) is 2.48. The summed E-state index contributed by atoms with van der Waals surface area (Å²) in [4.78, 5) is 14.1. The van der Waals surface area contributed by atoms with Gasteiger partial charge in [-0.2, -0.15) is 5.10 Å². The average molecular weight is 267 g/mol. The third-order valence-corrected chi connectivity index (χ3v) is 3.59. The molecule has 20 heavy (non-hydrogen) atoms. The number of nitrogens with zero attached hydrogens (tertiary/aromatic N) is 3. The van der Waals surface area contributed by atoms with Gasteiger partial charge >= 0.3 is 0 Å². The molecule has 0 saturated heterocycles. The molecule has 2 aromatic rings. The second kappa shape index (κ2) is 5.33. The molecule has 0 spiro atoms. The standard InChI is InChI=1S/C16H17N3O/c1-18-11-13(10-17-18)6-7-16(20)19-9-8-14-4-2-3-5-15(14)12-19/h2-7,10-11H,8-9,12H2,1H3. The second-order valence-electron chi connectivity index (χ2n) is 5.06. The van der Waals surface area contributed by atoms with E-state index in [-0.39, 0.29) is 5.91 Å². The minimum absolute atomic E-state index is 0.0587. The van der Waals surface area contributed by atoms with Crippen LogP contribution in [0.15, 0.2) is 42.7 Å². The molecule has 0 radical (unpaired) electrons. The maximum absolute atomic E-state index is 12.2. The van der Waals surface area contributed by atoms with Crippen molar-refractivity contribution >= 4 is 12.0 Å². The van der Waals surface area contributed by atoms with E-state index >= 15 is 0 Å². The second-order valence-corrected chi connectivity index (χ2v) is 5.06. The van der Waals surface area contributed by atoms with Crippen LogP contribution in [0.2, 0.25) is 0 Å². The Balaban J connectivity index is 1.68. The van der Waals surface area contributed by atoms with Gasteiger partial charge in [-0.25, -0.2) is 0 Å². The predicted molar refractivity (Wildman–Crippen MR) is 77.8 cm³/mol. The highest BCUT2D eigenvalue weighted by Crippen LogP contribution is 2.18. The number of carbonyl (C=O) groups excluding carboxylic acids is 1. The van der Waals surface area contributed by atoms with Crippen molar-refractivity contribution in [3.8, 4) is 0 Å². The third-order valence-electron chi connectivity index (χ3n) is 3.59. The molecule has 0 unspecified atom stereocenters. The zero-order valence-electron chi connectivity index (χ0n) is 11.5. The Morgan fingerprint density at radius 2 is 2.10 bits per heavy atom. The summed E-state index contributed by atoms with van der Waals surface area (Å²) >= 11 is 0. The molecule has 0 fully saturated rings. The molecule has 0 atom stereocenters. The van der Waals surface area contributed by atoms with Crippen LogP contribution in [-0.2, 0) is 24.8 Å². The largest absolute Gasteiger partial charge is 0.334 e. The molecule has 102 valence electrons. The first kappa shape index (κ1) is 12.7. The minimum Gasteiger partial charge on any atom is -0.334 e. The van der Waals surface area contributed by atoms with Crippen LogP contribution < -0.4 is 0 Å². The van der Waals surface area contributed by atoms with E-state index in [9.17, 15) is 4.79 Å². The van der Waals surface area contributed by atoms with Crippen molar-refractivity contribution in [3.05, 3.63) is 59.4 Å². The van der Waals surface area contributed by atoms with E-state index in [1.807, 2.05) is 30.3 Å². The molecule has 4 nitrogen and oxygen atoms in total. The van der Waals surface area contributed by atoms with E-state index < -0.39 is 0 Å². The number of fused-ring (bicyclic) bond motifs is 1. The Kier molecular flexibility index (Phi) is 3.37. The number of hydrogen-bond donors (Lipinski definition) is 0. The smallest absolute Gasteiger partial charge is 0.246 e. The van der Waals surface area contributed by atoms with E-state index in [0.717, 1.165) is 18.5 Å². The van der Waals surface area contributed by atoms with Crippen molar-refractivity contribution in [2.45, 2.75) is 13.0 Å². The van der Waals surface area contributed by atoms with Crippen LogP contribution in [0.3, 0.4) is 0 Å². The highest BCUT2D eigenvalue weighted by molar-refractivity contribution is 5.91. The van der Waals surface area contributed by atoms with Crippen LogP contribution in [0.1, 0.15) is 16.7 Å². The summed E-state index contributed by atoms with van der Waals surface area (Å²) in [6.45, 7) is 1.49. The lowest BCUT2D eigenvalue weighted by atomic mass is 10.00. The van der Waals surface area contributed by atoms with Crippen LogP contribution in [0.25, 0.3) is 6.08 Å². The Bertz CT molecular complexity index is 657. The molecule has 2 heterocycles. The molecule has 0 aliphatic carbocycles. The Morgan fingerprint density at radius 1 is 1.30 bits per heavy atom. The minimum atomic E-state index is 0.0587. The number of rotatable bonds is 2. The molecule has 1 aliphatic heterocycles. The molecule has 4 heteroatoms. The Hall–Kier alpha value is -2.36. The third kappa shape index (κ3) is 2.64. The van der Waals surface area contributed by atoms with Gasteiger partial charge in [0.2, 0.25) is 5.91 Å². The van der Waals surface area contributed by atoms with Crippen LogP contribution in [0.5, 0.6) is 0 Å². The predicted octanol–water partition coefficient (Wildman–Crippen LogP) is 2.02. The number of hydrogen-bond acceptors (Lipinski definition) is 2. The molecule has 0 saturated carbocycles. The Morgan fingerprint density at radius 3 is 2.85 bits per heavy atom. The molecule has 1 aromatic carbocycles. The van der Waals surface area contributed by atoms with Gasteiger partial charge in [-0.3, -0.25) is 9.48 Å². The first-order chi connectivity index (χ1) is 9.72. The summed E-state index contributed by atoms with van der Waals surface area (Å²) in [5.74, 6) is 0.0587. The molecule has 1 amide bonds. The SMILES string of the molecule is Cn1cc(C=CC(=O)N2CCc3ccccc3C2)cn1. The quantitative estimate of drug-likeness (QED) is 0.781. The summed E-state index contributed by atoms with van der Waals surface area (Å²) in [5, 5.41) is 4.08. The number of aromatic nitrogens is 2. The summed E-state index contributed by atoms with van der Waals surface area (Å²) < 4.78 is 1.72. The number of carbonyl (C=O) groups is 1. The van der Waals surface area contributed by atoms with Crippen molar-refractivity contribution in [2.75, 3.05) is 6.54 Å². The highest BCUT2D eigenvalue weighted by Gasteiger charge is 2.18. The van der Waals surface area contributed by atoms with Gasteiger partial charge in [-0.15, -0.1) is 0 Å². The lowest BCUT2D eigenvalue weighted by Gasteiger charge is -2.27. The van der Waals surface area contributed by atoms with Crippen molar-refractivity contribution in [1.82, 2.24) is 14.7 Å². The topological polar surface area (TPSA) is 38.1 Å². The van der Waals surface area contributed by atoms with Gasteiger partial charge in [-0.1, -0.05) is 24.3 Å². The molecule has 0 bridgehead atoms. The fourth-order valence-electron chi connectivity index (χ4n) is 2.48. The number of amides is 1. The first-order valence-corrected chi connectivity index (χ1v) is 6.75.